The Hall–Kier alpha value is -2.97. The van der Waals surface area contributed by atoms with Gasteiger partial charge in [0, 0.05) is 18.8 Å². The van der Waals surface area contributed by atoms with Crippen LogP contribution in [-0.4, -0.2) is 36.6 Å². The largest absolute Gasteiger partial charge is 0.462 e. The first-order chi connectivity index (χ1) is 14.1. The van der Waals surface area contributed by atoms with Gasteiger partial charge < -0.3 is 19.9 Å². The standard InChI is InChI=1S/C21H24F3N3O3/c1-4-30-20(29)17-12(2)18(25-13(17)3)19(28)26-15-11-14(21(22,23)24)7-8-16(15)27-9-5-6-10-27/h7-8,11,25H,4-6,9-10H2,1-3H3,(H,26,28). The highest BCUT2D eigenvalue weighted by atomic mass is 19.4. The van der Waals surface area contributed by atoms with Crippen LogP contribution in [0.25, 0.3) is 0 Å². The first-order valence-electron chi connectivity index (χ1n) is 9.77. The quantitative estimate of drug-likeness (QED) is 0.685. The molecule has 0 aliphatic carbocycles. The van der Waals surface area contributed by atoms with Crippen molar-refractivity contribution in [2.75, 3.05) is 29.9 Å². The Bertz CT molecular complexity index is 960. The zero-order chi connectivity index (χ0) is 22.1. The van der Waals surface area contributed by atoms with Gasteiger partial charge in [0.1, 0.15) is 5.69 Å². The monoisotopic (exact) mass is 423 g/mol. The van der Waals surface area contributed by atoms with Gasteiger partial charge in [0.15, 0.2) is 0 Å². The molecule has 0 saturated carbocycles. The highest BCUT2D eigenvalue weighted by molar-refractivity contribution is 6.08. The number of ether oxygens (including phenoxy) is 1. The molecule has 1 amide bonds. The normalized spacial score (nSPS) is 14.1. The van der Waals surface area contributed by atoms with E-state index >= 15 is 0 Å². The number of aromatic amines is 1. The number of hydrogen-bond acceptors (Lipinski definition) is 4. The second-order valence-electron chi connectivity index (χ2n) is 7.22. The number of nitrogens with one attached hydrogen (secondary N) is 2. The minimum absolute atomic E-state index is 0.0843. The van der Waals surface area contributed by atoms with E-state index in [9.17, 15) is 22.8 Å². The maximum Gasteiger partial charge on any atom is 0.416 e. The molecule has 2 N–H and O–H groups in total. The smallest absolute Gasteiger partial charge is 0.416 e. The average molecular weight is 423 g/mol. The van der Waals surface area contributed by atoms with Crippen LogP contribution in [0.1, 0.15) is 57.4 Å². The number of anilines is 2. The van der Waals surface area contributed by atoms with Gasteiger partial charge in [-0.1, -0.05) is 0 Å². The fraction of sp³-hybridized carbons (Fsp3) is 0.429. The zero-order valence-corrected chi connectivity index (χ0v) is 17.1. The Balaban J connectivity index is 1.96. The summed E-state index contributed by atoms with van der Waals surface area (Å²) in [5.74, 6) is -1.18. The Morgan fingerprint density at radius 3 is 2.47 bits per heavy atom. The van der Waals surface area contributed by atoms with E-state index < -0.39 is 23.6 Å². The highest BCUT2D eigenvalue weighted by Crippen LogP contribution is 2.37. The van der Waals surface area contributed by atoms with E-state index in [1.165, 1.54) is 6.07 Å². The van der Waals surface area contributed by atoms with Crippen molar-refractivity contribution in [2.24, 2.45) is 0 Å². The van der Waals surface area contributed by atoms with Crippen LogP contribution in [0.15, 0.2) is 18.2 Å². The molecule has 0 unspecified atom stereocenters. The summed E-state index contributed by atoms with van der Waals surface area (Å²) in [6.45, 7) is 6.52. The predicted octanol–water partition coefficient (Wildman–Crippen LogP) is 4.68. The number of esters is 1. The molecule has 1 aliphatic heterocycles. The summed E-state index contributed by atoms with van der Waals surface area (Å²) in [5.41, 5.74) is 0.998. The molecule has 2 aromatic rings. The number of nitrogens with zero attached hydrogens (tertiary/aromatic N) is 1. The molecule has 162 valence electrons. The lowest BCUT2D eigenvalue weighted by Crippen LogP contribution is -2.22. The van der Waals surface area contributed by atoms with E-state index in [4.69, 9.17) is 4.74 Å². The van der Waals surface area contributed by atoms with Crippen LogP contribution in [-0.2, 0) is 10.9 Å². The topological polar surface area (TPSA) is 74.4 Å². The Morgan fingerprint density at radius 1 is 1.20 bits per heavy atom. The first-order valence-corrected chi connectivity index (χ1v) is 9.77. The van der Waals surface area contributed by atoms with Crippen LogP contribution < -0.4 is 10.2 Å². The first kappa shape index (κ1) is 21.7. The minimum atomic E-state index is -4.53. The van der Waals surface area contributed by atoms with Gasteiger partial charge in [-0.05, 0) is 57.4 Å². The third-order valence-corrected chi connectivity index (χ3v) is 5.16. The van der Waals surface area contributed by atoms with Gasteiger partial charge in [0.05, 0.1) is 29.1 Å². The maximum absolute atomic E-state index is 13.2. The summed E-state index contributed by atoms with van der Waals surface area (Å²) in [7, 11) is 0. The number of rotatable bonds is 5. The molecule has 0 radical (unpaired) electrons. The van der Waals surface area contributed by atoms with E-state index in [0.717, 1.165) is 25.0 Å². The van der Waals surface area contributed by atoms with Crippen molar-refractivity contribution in [3.63, 3.8) is 0 Å². The molecule has 30 heavy (non-hydrogen) atoms. The number of aryl methyl sites for hydroxylation is 1. The number of H-pyrrole nitrogens is 1. The van der Waals surface area contributed by atoms with Crippen molar-refractivity contribution < 1.29 is 27.5 Å². The van der Waals surface area contributed by atoms with Gasteiger partial charge in [-0.2, -0.15) is 13.2 Å². The molecule has 1 saturated heterocycles. The summed E-state index contributed by atoms with van der Waals surface area (Å²) in [6, 6.07) is 3.36. The zero-order valence-electron chi connectivity index (χ0n) is 17.1. The van der Waals surface area contributed by atoms with E-state index in [1.807, 2.05) is 4.90 Å². The molecule has 1 aliphatic rings. The molecule has 3 rings (SSSR count). The minimum Gasteiger partial charge on any atom is -0.462 e. The third kappa shape index (κ3) is 4.29. The van der Waals surface area contributed by atoms with Gasteiger partial charge in [-0.25, -0.2) is 4.79 Å². The molecule has 0 atom stereocenters. The summed E-state index contributed by atoms with van der Waals surface area (Å²) < 4.78 is 44.7. The van der Waals surface area contributed by atoms with E-state index in [1.54, 1.807) is 20.8 Å². The van der Waals surface area contributed by atoms with Crippen LogP contribution in [0.2, 0.25) is 0 Å². The number of carbonyl (C=O) groups excluding carboxylic acids is 2. The summed E-state index contributed by atoms with van der Waals surface area (Å²) in [6.07, 6.45) is -2.66. The summed E-state index contributed by atoms with van der Waals surface area (Å²) >= 11 is 0. The SMILES string of the molecule is CCOC(=O)c1c(C)[nH]c(C(=O)Nc2cc(C(F)(F)F)ccc2N2CCCC2)c1C. The molecular weight excluding hydrogens is 399 g/mol. The number of hydrogen-bond donors (Lipinski definition) is 2. The Kier molecular flexibility index (Phi) is 6.09. The van der Waals surface area contributed by atoms with Crippen molar-refractivity contribution in [2.45, 2.75) is 39.8 Å². The molecule has 1 fully saturated rings. The van der Waals surface area contributed by atoms with E-state index in [0.29, 0.717) is 30.0 Å². The average Bonchev–Trinajstić information content (AvgIpc) is 3.29. The summed E-state index contributed by atoms with van der Waals surface area (Å²) in [5, 5.41) is 2.60. The van der Waals surface area contributed by atoms with E-state index in [-0.39, 0.29) is 23.6 Å². The highest BCUT2D eigenvalue weighted by Gasteiger charge is 2.32. The molecular formula is C21H24F3N3O3. The number of amides is 1. The molecule has 1 aromatic heterocycles. The molecule has 6 nitrogen and oxygen atoms in total. The van der Waals surface area contributed by atoms with Gasteiger partial charge in [-0.3, -0.25) is 4.79 Å². The van der Waals surface area contributed by atoms with Gasteiger partial charge in [-0.15, -0.1) is 0 Å². The van der Waals surface area contributed by atoms with Crippen molar-refractivity contribution in [3.8, 4) is 0 Å². The van der Waals surface area contributed by atoms with Crippen LogP contribution in [0.3, 0.4) is 0 Å². The molecule has 2 heterocycles. The van der Waals surface area contributed by atoms with Crippen molar-refractivity contribution in [3.05, 3.63) is 46.3 Å². The molecule has 0 spiro atoms. The number of benzene rings is 1. The Morgan fingerprint density at radius 2 is 1.87 bits per heavy atom. The molecule has 1 aromatic carbocycles. The fourth-order valence-electron chi connectivity index (χ4n) is 3.72. The number of halogens is 3. The van der Waals surface area contributed by atoms with Crippen LogP contribution in [0.4, 0.5) is 24.5 Å². The van der Waals surface area contributed by atoms with Crippen LogP contribution in [0.5, 0.6) is 0 Å². The summed E-state index contributed by atoms with van der Waals surface area (Å²) in [4.78, 5) is 29.9. The van der Waals surface area contributed by atoms with Crippen LogP contribution in [0, 0.1) is 13.8 Å². The molecule has 9 heteroatoms. The molecule has 0 bridgehead atoms. The van der Waals surface area contributed by atoms with Crippen LogP contribution >= 0.6 is 0 Å². The lowest BCUT2D eigenvalue weighted by atomic mass is 10.1. The fourth-order valence-corrected chi connectivity index (χ4v) is 3.72. The van der Waals surface area contributed by atoms with Crippen molar-refractivity contribution in [1.29, 1.82) is 0 Å². The third-order valence-electron chi connectivity index (χ3n) is 5.16. The Labute approximate surface area is 172 Å². The van der Waals surface area contributed by atoms with Gasteiger partial charge in [0.2, 0.25) is 0 Å². The second kappa shape index (κ2) is 8.41. The van der Waals surface area contributed by atoms with Gasteiger partial charge >= 0.3 is 12.1 Å². The number of alkyl halides is 3. The van der Waals surface area contributed by atoms with Crippen molar-refractivity contribution >= 4 is 23.3 Å². The lowest BCUT2D eigenvalue weighted by Gasteiger charge is -2.23. The van der Waals surface area contributed by atoms with Gasteiger partial charge in [0.25, 0.3) is 5.91 Å². The number of aromatic nitrogens is 1. The number of carbonyl (C=O) groups is 2. The van der Waals surface area contributed by atoms with Crippen molar-refractivity contribution in [1.82, 2.24) is 4.98 Å². The predicted molar refractivity (Wildman–Crippen MR) is 107 cm³/mol. The maximum atomic E-state index is 13.2. The van der Waals surface area contributed by atoms with E-state index in [2.05, 4.69) is 10.3 Å². The lowest BCUT2D eigenvalue weighted by molar-refractivity contribution is -0.137. The second-order valence-corrected chi connectivity index (χ2v) is 7.22.